The van der Waals surface area contributed by atoms with E-state index in [2.05, 4.69) is 16.0 Å². The molecule has 2 atom stereocenters. The summed E-state index contributed by atoms with van der Waals surface area (Å²) in [5.41, 5.74) is 1.75. The Morgan fingerprint density at radius 2 is 2.10 bits per heavy atom. The predicted molar refractivity (Wildman–Crippen MR) is 115 cm³/mol. The van der Waals surface area contributed by atoms with Crippen LogP contribution in [-0.2, 0) is 16.0 Å². The highest BCUT2D eigenvalue weighted by molar-refractivity contribution is 6.02. The zero-order valence-corrected chi connectivity index (χ0v) is 17.9. The number of carbonyl (C=O) groups excluding carboxylic acids is 3. The van der Waals surface area contributed by atoms with E-state index in [4.69, 9.17) is 4.42 Å². The van der Waals surface area contributed by atoms with Crippen molar-refractivity contribution < 1.29 is 18.8 Å². The van der Waals surface area contributed by atoms with E-state index in [0.717, 1.165) is 17.0 Å². The van der Waals surface area contributed by atoms with Crippen LogP contribution < -0.4 is 16.0 Å². The van der Waals surface area contributed by atoms with Crippen LogP contribution in [0.25, 0.3) is 0 Å². The van der Waals surface area contributed by atoms with Crippen LogP contribution in [0.4, 0.5) is 5.69 Å². The molecule has 1 fully saturated rings. The number of nitrogens with one attached hydrogen (secondary N) is 3. The molecule has 4 rings (SSSR count). The van der Waals surface area contributed by atoms with Gasteiger partial charge in [0.2, 0.25) is 11.8 Å². The molecular formula is C23H28N4O4. The second-order valence-corrected chi connectivity index (χ2v) is 8.34. The summed E-state index contributed by atoms with van der Waals surface area (Å²) in [5.74, 6) is 0.378. The summed E-state index contributed by atoms with van der Waals surface area (Å²) in [5, 5.41) is 9.41. The fourth-order valence-corrected chi connectivity index (χ4v) is 4.27. The second-order valence-electron chi connectivity index (χ2n) is 8.34. The van der Waals surface area contributed by atoms with Crippen LogP contribution in [0, 0.1) is 6.92 Å². The average Bonchev–Trinajstić information content (AvgIpc) is 3.20. The predicted octanol–water partition coefficient (Wildman–Crippen LogP) is 2.20. The van der Waals surface area contributed by atoms with Crippen molar-refractivity contribution in [1.82, 2.24) is 15.5 Å². The molecule has 3 N–H and O–H groups in total. The van der Waals surface area contributed by atoms with E-state index in [-0.39, 0.29) is 24.1 Å². The Balaban J connectivity index is 1.40. The Labute approximate surface area is 181 Å². The molecule has 3 heterocycles. The number of likely N-dealkylation sites (tertiary alicyclic amines) is 1. The number of rotatable bonds is 5. The Kier molecular flexibility index (Phi) is 5.71. The Morgan fingerprint density at radius 3 is 2.87 bits per heavy atom. The van der Waals surface area contributed by atoms with Crippen LogP contribution in [0.2, 0.25) is 0 Å². The maximum Gasteiger partial charge on any atom is 0.255 e. The largest absolute Gasteiger partial charge is 0.469 e. The lowest BCUT2D eigenvalue weighted by molar-refractivity contribution is -0.139. The van der Waals surface area contributed by atoms with Gasteiger partial charge in [0.25, 0.3) is 5.91 Å². The molecule has 0 radical (unpaired) electrons. The minimum atomic E-state index is -0.697. The molecule has 8 heteroatoms. The molecule has 0 aliphatic carbocycles. The summed E-state index contributed by atoms with van der Waals surface area (Å²) in [7, 11) is 0. The number of benzene rings is 1. The third-order valence-corrected chi connectivity index (χ3v) is 6.11. The second kappa shape index (κ2) is 8.45. The first-order valence-electron chi connectivity index (χ1n) is 10.7. The van der Waals surface area contributed by atoms with Gasteiger partial charge in [0.1, 0.15) is 17.5 Å². The van der Waals surface area contributed by atoms with Gasteiger partial charge >= 0.3 is 0 Å². The normalized spacial score (nSPS) is 21.7. The lowest BCUT2D eigenvalue weighted by atomic mass is 9.94. The van der Waals surface area contributed by atoms with Crippen molar-refractivity contribution in [2.24, 2.45) is 0 Å². The van der Waals surface area contributed by atoms with Gasteiger partial charge in [0.15, 0.2) is 0 Å². The zero-order chi connectivity index (χ0) is 22.0. The van der Waals surface area contributed by atoms with Crippen LogP contribution in [0.5, 0.6) is 0 Å². The Hall–Kier alpha value is -3.29. The maximum absolute atomic E-state index is 12.8. The summed E-state index contributed by atoms with van der Waals surface area (Å²) >= 11 is 0. The summed E-state index contributed by atoms with van der Waals surface area (Å²) < 4.78 is 5.27. The highest BCUT2D eigenvalue weighted by Gasteiger charge is 2.41. The number of furan rings is 1. The standard InChI is InChI=1S/C23H28N4O4/c1-15-5-6-18-19(14-15)25-23(26-22(18)30)9-7-20(28)27(12-10-23)16(2)21(29)24-11-8-17-4-3-13-31-17/h3-6,13-14,16,25H,7-12H2,1-2H3,(H,24,29)(H,26,30)/t16-,23-/m0/s1. The minimum Gasteiger partial charge on any atom is -0.469 e. The first kappa shape index (κ1) is 21.0. The quantitative estimate of drug-likeness (QED) is 0.683. The molecule has 1 aromatic heterocycles. The van der Waals surface area contributed by atoms with Gasteiger partial charge < -0.3 is 25.3 Å². The van der Waals surface area contributed by atoms with E-state index < -0.39 is 11.7 Å². The van der Waals surface area contributed by atoms with E-state index >= 15 is 0 Å². The van der Waals surface area contributed by atoms with E-state index in [1.807, 2.05) is 37.3 Å². The molecule has 31 heavy (non-hydrogen) atoms. The van der Waals surface area contributed by atoms with Crippen molar-refractivity contribution in [3.8, 4) is 0 Å². The Bertz CT molecular complexity index is 987. The van der Waals surface area contributed by atoms with Gasteiger partial charge in [-0.2, -0.15) is 0 Å². The molecule has 1 spiro atoms. The van der Waals surface area contributed by atoms with Crippen LogP contribution in [0.3, 0.4) is 0 Å². The van der Waals surface area contributed by atoms with Crippen LogP contribution >= 0.6 is 0 Å². The van der Waals surface area contributed by atoms with Crippen molar-refractivity contribution >= 4 is 23.4 Å². The van der Waals surface area contributed by atoms with Crippen molar-refractivity contribution in [2.45, 2.75) is 51.2 Å². The number of amides is 3. The molecule has 2 aliphatic rings. The number of carbonyl (C=O) groups is 3. The highest BCUT2D eigenvalue weighted by atomic mass is 16.3. The molecular weight excluding hydrogens is 396 g/mol. The molecule has 0 saturated carbocycles. The van der Waals surface area contributed by atoms with Crippen LogP contribution in [0.1, 0.15) is 47.9 Å². The minimum absolute atomic E-state index is 0.0864. The van der Waals surface area contributed by atoms with E-state index in [1.165, 1.54) is 0 Å². The zero-order valence-electron chi connectivity index (χ0n) is 17.9. The number of fused-ring (bicyclic) bond motifs is 1. The lowest BCUT2D eigenvalue weighted by Gasteiger charge is -2.40. The SMILES string of the molecule is Cc1ccc2c(c1)N[C@@]1(CCC(=O)N([C@@H](C)C(=O)NCCc3ccco3)CC1)NC2=O. The van der Waals surface area contributed by atoms with Crippen LogP contribution in [-0.4, -0.2) is 47.4 Å². The topological polar surface area (TPSA) is 104 Å². The summed E-state index contributed by atoms with van der Waals surface area (Å²) in [6, 6.07) is 8.75. The van der Waals surface area contributed by atoms with Gasteiger partial charge in [-0.3, -0.25) is 14.4 Å². The number of hydrogen-bond donors (Lipinski definition) is 3. The molecule has 0 bridgehead atoms. The molecule has 2 aromatic rings. The third-order valence-electron chi connectivity index (χ3n) is 6.11. The summed E-state index contributed by atoms with van der Waals surface area (Å²) in [6.07, 6.45) is 3.43. The average molecular weight is 425 g/mol. The first-order valence-corrected chi connectivity index (χ1v) is 10.7. The lowest BCUT2D eigenvalue weighted by Crippen LogP contribution is -2.58. The van der Waals surface area contributed by atoms with Crippen molar-refractivity contribution in [3.05, 3.63) is 53.5 Å². The maximum atomic E-state index is 12.8. The third kappa shape index (κ3) is 4.42. The first-order chi connectivity index (χ1) is 14.9. The molecule has 164 valence electrons. The Morgan fingerprint density at radius 1 is 1.26 bits per heavy atom. The molecule has 1 aromatic carbocycles. The number of aryl methyl sites for hydroxylation is 1. The molecule has 1 saturated heterocycles. The highest BCUT2D eigenvalue weighted by Crippen LogP contribution is 2.32. The molecule has 2 aliphatic heterocycles. The number of nitrogens with zero attached hydrogens (tertiary/aromatic N) is 1. The van der Waals surface area contributed by atoms with E-state index in [1.54, 1.807) is 18.1 Å². The molecule has 3 amide bonds. The van der Waals surface area contributed by atoms with Gasteiger partial charge in [0.05, 0.1) is 11.8 Å². The summed E-state index contributed by atoms with van der Waals surface area (Å²) in [6.45, 7) is 4.53. The number of hydrogen-bond acceptors (Lipinski definition) is 5. The van der Waals surface area contributed by atoms with Gasteiger partial charge in [-0.1, -0.05) is 6.07 Å². The van der Waals surface area contributed by atoms with Crippen LogP contribution in [0.15, 0.2) is 41.0 Å². The van der Waals surface area contributed by atoms with Gasteiger partial charge in [-0.05, 0) is 50.1 Å². The fraction of sp³-hybridized carbons (Fsp3) is 0.435. The van der Waals surface area contributed by atoms with E-state index in [9.17, 15) is 14.4 Å². The molecule has 0 unspecified atom stereocenters. The van der Waals surface area contributed by atoms with Gasteiger partial charge in [0, 0.05) is 38.0 Å². The van der Waals surface area contributed by atoms with Crippen molar-refractivity contribution in [3.63, 3.8) is 0 Å². The monoisotopic (exact) mass is 424 g/mol. The van der Waals surface area contributed by atoms with Crippen molar-refractivity contribution in [2.75, 3.05) is 18.4 Å². The summed E-state index contributed by atoms with van der Waals surface area (Å²) in [4.78, 5) is 39.7. The van der Waals surface area contributed by atoms with Gasteiger partial charge in [-0.25, -0.2) is 0 Å². The molecule has 8 nitrogen and oxygen atoms in total. The smallest absolute Gasteiger partial charge is 0.255 e. The fourth-order valence-electron chi connectivity index (χ4n) is 4.27. The number of anilines is 1. The van der Waals surface area contributed by atoms with Gasteiger partial charge in [-0.15, -0.1) is 0 Å². The van der Waals surface area contributed by atoms with E-state index in [0.29, 0.717) is 37.9 Å². The van der Waals surface area contributed by atoms with Crippen molar-refractivity contribution in [1.29, 1.82) is 0 Å².